The molecule has 2 heterocycles. The third-order valence-corrected chi connectivity index (χ3v) is 3.81. The van der Waals surface area contributed by atoms with Gasteiger partial charge in [-0.25, -0.2) is 4.99 Å². The molecule has 0 saturated heterocycles. The highest BCUT2D eigenvalue weighted by atomic mass is 16.5. The van der Waals surface area contributed by atoms with Crippen molar-refractivity contribution in [2.75, 3.05) is 26.2 Å². The number of hydrogen-bond donors (Lipinski definition) is 3. The molecule has 0 spiro atoms. The lowest BCUT2D eigenvalue weighted by Gasteiger charge is -2.21. The van der Waals surface area contributed by atoms with E-state index in [0.29, 0.717) is 24.9 Å². The fourth-order valence-corrected chi connectivity index (χ4v) is 2.60. The molecular weight excluding hydrogens is 332 g/mol. The normalized spacial score (nSPS) is 14.0. The Labute approximate surface area is 154 Å². The number of nitrogens with one attached hydrogen (secondary N) is 2. The summed E-state index contributed by atoms with van der Waals surface area (Å²) in [6.07, 6.45) is 3.38. The van der Waals surface area contributed by atoms with Crippen molar-refractivity contribution in [3.8, 4) is 5.75 Å². The number of aryl methyl sites for hydroxylation is 2. The third-order valence-electron chi connectivity index (χ3n) is 3.81. The molecule has 2 aromatic rings. The van der Waals surface area contributed by atoms with Crippen molar-refractivity contribution in [1.29, 1.82) is 0 Å². The molecule has 7 nitrogen and oxygen atoms in total. The molecule has 0 aliphatic rings. The van der Waals surface area contributed by atoms with E-state index in [1.807, 2.05) is 39.0 Å². The van der Waals surface area contributed by atoms with Crippen LogP contribution in [0.4, 0.5) is 0 Å². The largest absolute Gasteiger partial charge is 0.490 e. The molecule has 3 N–H and O–H groups in total. The van der Waals surface area contributed by atoms with Crippen molar-refractivity contribution in [1.82, 2.24) is 15.6 Å². The predicted octanol–water partition coefficient (Wildman–Crippen LogP) is 2.13. The molecule has 2 aromatic heterocycles. The quantitative estimate of drug-likeness (QED) is 0.379. The van der Waals surface area contributed by atoms with Crippen LogP contribution in [0.15, 0.2) is 40.0 Å². The Morgan fingerprint density at radius 3 is 2.81 bits per heavy atom. The van der Waals surface area contributed by atoms with Gasteiger partial charge in [0.15, 0.2) is 5.96 Å². The SMILES string of the molecule is CCNC(=NCC(C)(O)c1cc(C)oc1C)NCCOc1cccnc1. The number of guanidine groups is 1. The number of furan rings is 1. The van der Waals surface area contributed by atoms with E-state index in [2.05, 4.69) is 20.6 Å². The molecule has 0 saturated carbocycles. The lowest BCUT2D eigenvalue weighted by Crippen LogP contribution is -2.40. The Hall–Kier alpha value is -2.54. The zero-order chi connectivity index (χ0) is 19.0. The van der Waals surface area contributed by atoms with Crippen LogP contribution in [0.25, 0.3) is 0 Å². The number of ether oxygens (including phenoxy) is 1. The first-order valence-corrected chi connectivity index (χ1v) is 8.77. The van der Waals surface area contributed by atoms with Gasteiger partial charge in [0, 0.05) is 18.3 Å². The van der Waals surface area contributed by atoms with E-state index in [4.69, 9.17) is 9.15 Å². The summed E-state index contributed by atoms with van der Waals surface area (Å²) < 4.78 is 11.1. The molecule has 2 rings (SSSR count). The van der Waals surface area contributed by atoms with Crippen LogP contribution in [0.5, 0.6) is 5.75 Å². The first kappa shape index (κ1) is 19.8. The minimum absolute atomic E-state index is 0.214. The van der Waals surface area contributed by atoms with Crippen LogP contribution in [0.1, 0.15) is 30.9 Å². The lowest BCUT2D eigenvalue weighted by molar-refractivity contribution is 0.0657. The molecule has 0 radical (unpaired) electrons. The molecule has 0 aliphatic carbocycles. The summed E-state index contributed by atoms with van der Waals surface area (Å²) in [4.78, 5) is 8.50. The van der Waals surface area contributed by atoms with Crippen LogP contribution in [0.3, 0.4) is 0 Å². The van der Waals surface area contributed by atoms with E-state index < -0.39 is 5.60 Å². The highest BCUT2D eigenvalue weighted by Crippen LogP contribution is 2.27. The van der Waals surface area contributed by atoms with Crippen LogP contribution < -0.4 is 15.4 Å². The fourth-order valence-electron chi connectivity index (χ4n) is 2.60. The van der Waals surface area contributed by atoms with E-state index in [1.54, 1.807) is 19.3 Å². The van der Waals surface area contributed by atoms with E-state index in [1.165, 1.54) is 0 Å². The first-order chi connectivity index (χ1) is 12.4. The molecule has 0 fully saturated rings. The summed E-state index contributed by atoms with van der Waals surface area (Å²) >= 11 is 0. The van der Waals surface area contributed by atoms with E-state index >= 15 is 0 Å². The van der Waals surface area contributed by atoms with E-state index in [0.717, 1.165) is 23.6 Å². The number of nitrogens with zero attached hydrogens (tertiary/aromatic N) is 2. The Balaban J connectivity index is 1.90. The second-order valence-electron chi connectivity index (χ2n) is 6.26. The number of aromatic nitrogens is 1. The topological polar surface area (TPSA) is 91.9 Å². The van der Waals surface area contributed by atoms with Gasteiger partial charge in [-0.15, -0.1) is 0 Å². The van der Waals surface area contributed by atoms with Crippen molar-refractivity contribution in [2.24, 2.45) is 4.99 Å². The molecule has 26 heavy (non-hydrogen) atoms. The van der Waals surface area contributed by atoms with Crippen LogP contribution in [0.2, 0.25) is 0 Å². The summed E-state index contributed by atoms with van der Waals surface area (Å²) in [5, 5.41) is 17.1. The Morgan fingerprint density at radius 2 is 2.19 bits per heavy atom. The van der Waals surface area contributed by atoms with Gasteiger partial charge in [-0.05, 0) is 45.9 Å². The molecule has 142 valence electrons. The Kier molecular flexibility index (Phi) is 7.03. The van der Waals surface area contributed by atoms with Gasteiger partial charge in [-0.1, -0.05) is 0 Å². The van der Waals surface area contributed by atoms with Crippen molar-refractivity contribution >= 4 is 5.96 Å². The highest BCUT2D eigenvalue weighted by Gasteiger charge is 2.27. The minimum atomic E-state index is -1.10. The van der Waals surface area contributed by atoms with Crippen LogP contribution in [-0.4, -0.2) is 42.3 Å². The molecular formula is C19H28N4O3. The van der Waals surface area contributed by atoms with Gasteiger partial charge in [-0.2, -0.15) is 0 Å². The van der Waals surface area contributed by atoms with Crippen molar-refractivity contribution in [2.45, 2.75) is 33.3 Å². The fraction of sp³-hybridized carbons (Fsp3) is 0.474. The maximum Gasteiger partial charge on any atom is 0.191 e. The van der Waals surface area contributed by atoms with E-state index in [9.17, 15) is 5.11 Å². The van der Waals surface area contributed by atoms with Gasteiger partial charge < -0.3 is 24.9 Å². The van der Waals surface area contributed by atoms with Crippen LogP contribution >= 0.6 is 0 Å². The monoisotopic (exact) mass is 360 g/mol. The summed E-state index contributed by atoms with van der Waals surface area (Å²) in [5.74, 6) is 2.84. The van der Waals surface area contributed by atoms with Crippen LogP contribution in [0, 0.1) is 13.8 Å². The molecule has 7 heteroatoms. The number of aliphatic imine (C=N–C) groups is 1. The van der Waals surface area contributed by atoms with Gasteiger partial charge in [0.05, 0.1) is 19.3 Å². The standard InChI is InChI=1S/C19H28N4O3/c1-5-21-18(22-9-10-25-16-7-6-8-20-12-16)23-13-19(4,24)17-11-14(2)26-15(17)3/h6-8,11-12,24H,5,9-10,13H2,1-4H3,(H2,21,22,23). The number of hydrogen-bond acceptors (Lipinski definition) is 5. The van der Waals surface area contributed by atoms with Gasteiger partial charge in [0.2, 0.25) is 0 Å². The zero-order valence-corrected chi connectivity index (χ0v) is 15.9. The van der Waals surface area contributed by atoms with Gasteiger partial charge in [0.1, 0.15) is 29.5 Å². The Morgan fingerprint density at radius 1 is 1.38 bits per heavy atom. The second-order valence-corrected chi connectivity index (χ2v) is 6.26. The second kappa shape index (κ2) is 9.24. The zero-order valence-electron chi connectivity index (χ0n) is 15.9. The molecule has 0 aromatic carbocycles. The lowest BCUT2D eigenvalue weighted by atomic mass is 9.96. The highest BCUT2D eigenvalue weighted by molar-refractivity contribution is 5.79. The summed E-state index contributed by atoms with van der Waals surface area (Å²) in [6.45, 7) is 9.43. The van der Waals surface area contributed by atoms with Gasteiger partial charge in [0.25, 0.3) is 0 Å². The summed E-state index contributed by atoms with van der Waals surface area (Å²) in [7, 11) is 0. The predicted molar refractivity (Wildman–Crippen MR) is 101 cm³/mol. The van der Waals surface area contributed by atoms with Crippen molar-refractivity contribution < 1.29 is 14.3 Å². The van der Waals surface area contributed by atoms with Gasteiger partial charge >= 0.3 is 0 Å². The van der Waals surface area contributed by atoms with Crippen molar-refractivity contribution in [3.63, 3.8) is 0 Å². The number of pyridine rings is 1. The Bertz CT molecular complexity index is 711. The number of aliphatic hydroxyl groups is 1. The number of rotatable bonds is 8. The molecule has 0 aliphatic heterocycles. The molecule has 0 bridgehead atoms. The minimum Gasteiger partial charge on any atom is -0.490 e. The molecule has 1 atom stereocenters. The average Bonchev–Trinajstić information content (AvgIpc) is 2.96. The smallest absolute Gasteiger partial charge is 0.191 e. The first-order valence-electron chi connectivity index (χ1n) is 8.77. The van der Waals surface area contributed by atoms with Crippen LogP contribution in [-0.2, 0) is 5.60 Å². The summed E-state index contributed by atoms with van der Waals surface area (Å²) in [5.41, 5.74) is -0.342. The summed E-state index contributed by atoms with van der Waals surface area (Å²) in [6, 6.07) is 5.54. The molecule has 0 amide bonds. The molecule has 1 unspecified atom stereocenters. The average molecular weight is 360 g/mol. The van der Waals surface area contributed by atoms with E-state index in [-0.39, 0.29) is 6.54 Å². The van der Waals surface area contributed by atoms with Crippen molar-refractivity contribution in [3.05, 3.63) is 47.7 Å². The maximum atomic E-state index is 10.8. The van der Waals surface area contributed by atoms with Gasteiger partial charge in [-0.3, -0.25) is 4.98 Å². The maximum absolute atomic E-state index is 10.8. The third kappa shape index (κ3) is 5.77.